The number of thiophene rings is 1. The Morgan fingerprint density at radius 2 is 2.00 bits per heavy atom. The predicted octanol–water partition coefficient (Wildman–Crippen LogP) is 3.24. The second kappa shape index (κ2) is 6.92. The molecule has 0 bridgehead atoms. The van der Waals surface area contributed by atoms with Gasteiger partial charge in [0.05, 0.1) is 25.8 Å². The van der Waals surface area contributed by atoms with E-state index in [1.807, 2.05) is 12.1 Å². The van der Waals surface area contributed by atoms with Gasteiger partial charge in [0.2, 0.25) is 0 Å². The van der Waals surface area contributed by atoms with Crippen LogP contribution in [0.2, 0.25) is 0 Å². The average Bonchev–Trinajstić information content (AvgIpc) is 3.06. The summed E-state index contributed by atoms with van der Waals surface area (Å²) in [5.74, 6) is 1.26. The fraction of sp³-hybridized carbons (Fsp3) is 0.316. The van der Waals surface area contributed by atoms with E-state index in [1.54, 1.807) is 37.8 Å². The fourth-order valence-corrected chi connectivity index (χ4v) is 4.50. The zero-order chi connectivity index (χ0) is 18.1. The van der Waals surface area contributed by atoms with Crippen LogP contribution in [0.3, 0.4) is 0 Å². The smallest absolute Gasteiger partial charge is 0.282 e. The van der Waals surface area contributed by atoms with Crippen molar-refractivity contribution in [1.29, 1.82) is 0 Å². The molecular weight excluding hydrogens is 350 g/mol. The van der Waals surface area contributed by atoms with Gasteiger partial charge in [-0.2, -0.15) is 9.78 Å². The lowest BCUT2D eigenvalue weighted by Gasteiger charge is -2.09. The molecule has 1 aliphatic rings. The number of benzene rings is 1. The molecule has 0 saturated heterocycles. The van der Waals surface area contributed by atoms with Gasteiger partial charge in [-0.3, -0.25) is 4.79 Å². The van der Waals surface area contributed by atoms with Crippen LogP contribution < -0.4 is 15.0 Å². The van der Waals surface area contributed by atoms with Gasteiger partial charge in [0.25, 0.3) is 5.56 Å². The van der Waals surface area contributed by atoms with Gasteiger partial charge in [-0.1, -0.05) is 0 Å². The minimum Gasteiger partial charge on any atom is -0.493 e. The summed E-state index contributed by atoms with van der Waals surface area (Å²) in [6.45, 7) is 0. The van der Waals surface area contributed by atoms with Gasteiger partial charge in [0.1, 0.15) is 11.2 Å². The van der Waals surface area contributed by atoms with E-state index in [2.05, 4.69) is 10.1 Å². The van der Waals surface area contributed by atoms with Crippen LogP contribution in [0.5, 0.6) is 11.5 Å². The molecule has 6 nitrogen and oxygen atoms in total. The summed E-state index contributed by atoms with van der Waals surface area (Å²) in [6, 6.07) is 5.47. The van der Waals surface area contributed by atoms with Crippen molar-refractivity contribution in [2.24, 2.45) is 5.10 Å². The van der Waals surface area contributed by atoms with Crippen LogP contribution in [0.1, 0.15) is 28.8 Å². The van der Waals surface area contributed by atoms with Gasteiger partial charge in [-0.05, 0) is 55.0 Å². The Labute approximate surface area is 154 Å². The Kier molecular flexibility index (Phi) is 4.46. The highest BCUT2D eigenvalue weighted by molar-refractivity contribution is 7.18. The minimum absolute atomic E-state index is 0.105. The van der Waals surface area contributed by atoms with Crippen LogP contribution in [-0.4, -0.2) is 30.1 Å². The van der Waals surface area contributed by atoms with E-state index in [1.165, 1.54) is 27.9 Å². The molecule has 7 heteroatoms. The molecule has 0 spiro atoms. The largest absolute Gasteiger partial charge is 0.493 e. The van der Waals surface area contributed by atoms with Gasteiger partial charge in [0.15, 0.2) is 11.5 Å². The molecule has 4 rings (SSSR count). The summed E-state index contributed by atoms with van der Waals surface area (Å²) >= 11 is 1.64. The molecule has 0 N–H and O–H groups in total. The highest BCUT2D eigenvalue weighted by atomic mass is 32.1. The molecule has 3 aromatic rings. The Bertz CT molecular complexity index is 1050. The number of rotatable bonds is 4. The number of nitrogens with zero attached hydrogens (tertiary/aromatic N) is 3. The van der Waals surface area contributed by atoms with Crippen LogP contribution in [0.25, 0.3) is 10.2 Å². The van der Waals surface area contributed by atoms with E-state index in [0.29, 0.717) is 11.5 Å². The third-order valence-corrected chi connectivity index (χ3v) is 5.80. The molecule has 0 amide bonds. The lowest BCUT2D eigenvalue weighted by atomic mass is 9.97. The van der Waals surface area contributed by atoms with Gasteiger partial charge in [-0.25, -0.2) is 4.98 Å². The summed E-state index contributed by atoms with van der Waals surface area (Å²) in [5, 5.41) is 5.04. The lowest BCUT2D eigenvalue weighted by molar-refractivity contribution is 0.355. The molecule has 26 heavy (non-hydrogen) atoms. The Morgan fingerprint density at radius 1 is 1.19 bits per heavy atom. The Hall–Kier alpha value is -2.67. The molecule has 0 saturated carbocycles. The first-order chi connectivity index (χ1) is 12.7. The van der Waals surface area contributed by atoms with Crippen molar-refractivity contribution < 1.29 is 9.47 Å². The molecule has 134 valence electrons. The molecule has 0 radical (unpaired) electrons. The van der Waals surface area contributed by atoms with Crippen molar-refractivity contribution in [3.8, 4) is 11.5 Å². The summed E-state index contributed by atoms with van der Waals surface area (Å²) in [7, 11) is 3.18. The standard InChI is InChI=1S/C19H19N3O3S/c1-24-14-8-7-12(9-15(14)25-2)10-21-22-11-20-18-17(19(22)23)13-5-3-4-6-16(13)26-18/h7-11H,3-6H2,1-2H3. The Morgan fingerprint density at radius 3 is 2.81 bits per heavy atom. The average molecular weight is 369 g/mol. The molecule has 0 aliphatic heterocycles. The molecule has 1 aromatic carbocycles. The monoisotopic (exact) mass is 369 g/mol. The zero-order valence-corrected chi connectivity index (χ0v) is 15.5. The molecular formula is C19H19N3O3S. The molecule has 2 heterocycles. The number of ether oxygens (including phenoxy) is 2. The number of aromatic nitrogens is 2. The summed E-state index contributed by atoms with van der Waals surface area (Å²) < 4.78 is 11.8. The van der Waals surface area contributed by atoms with E-state index >= 15 is 0 Å². The zero-order valence-electron chi connectivity index (χ0n) is 14.7. The van der Waals surface area contributed by atoms with E-state index < -0.39 is 0 Å². The normalized spacial score (nSPS) is 13.9. The first-order valence-corrected chi connectivity index (χ1v) is 9.31. The topological polar surface area (TPSA) is 65.7 Å². The van der Waals surface area contributed by atoms with Crippen molar-refractivity contribution in [1.82, 2.24) is 9.66 Å². The third kappa shape index (κ3) is 2.88. The predicted molar refractivity (Wildman–Crippen MR) is 103 cm³/mol. The van der Waals surface area contributed by atoms with Crippen LogP contribution in [0, 0.1) is 0 Å². The number of methoxy groups -OCH3 is 2. The van der Waals surface area contributed by atoms with Crippen molar-refractivity contribution in [3.05, 3.63) is 50.9 Å². The Balaban J connectivity index is 1.72. The van der Waals surface area contributed by atoms with Gasteiger partial charge in [0, 0.05) is 4.88 Å². The highest BCUT2D eigenvalue weighted by Crippen LogP contribution is 2.33. The highest BCUT2D eigenvalue weighted by Gasteiger charge is 2.19. The summed E-state index contributed by atoms with van der Waals surface area (Å²) in [6.07, 6.45) is 7.42. The van der Waals surface area contributed by atoms with E-state index in [9.17, 15) is 4.79 Å². The minimum atomic E-state index is -0.105. The van der Waals surface area contributed by atoms with Gasteiger partial charge < -0.3 is 9.47 Å². The molecule has 2 aromatic heterocycles. The van der Waals surface area contributed by atoms with Crippen molar-refractivity contribution in [2.75, 3.05) is 14.2 Å². The molecule has 0 fully saturated rings. The SMILES string of the molecule is COc1ccc(C=Nn2cnc3sc4c(c3c2=O)CCCC4)cc1OC. The number of hydrogen-bond donors (Lipinski definition) is 0. The van der Waals surface area contributed by atoms with E-state index in [0.717, 1.165) is 35.0 Å². The molecule has 1 aliphatic carbocycles. The van der Waals surface area contributed by atoms with Crippen LogP contribution >= 0.6 is 11.3 Å². The van der Waals surface area contributed by atoms with Crippen molar-refractivity contribution in [3.63, 3.8) is 0 Å². The third-order valence-electron chi connectivity index (χ3n) is 4.60. The summed E-state index contributed by atoms with van der Waals surface area (Å²) in [4.78, 5) is 19.4. The summed E-state index contributed by atoms with van der Waals surface area (Å²) in [5.41, 5.74) is 1.87. The fourth-order valence-electron chi connectivity index (χ4n) is 3.28. The number of hydrogen-bond acceptors (Lipinski definition) is 6. The molecule has 0 unspecified atom stereocenters. The molecule has 0 atom stereocenters. The van der Waals surface area contributed by atoms with Crippen molar-refractivity contribution in [2.45, 2.75) is 25.7 Å². The maximum Gasteiger partial charge on any atom is 0.282 e. The first-order valence-electron chi connectivity index (χ1n) is 8.49. The first kappa shape index (κ1) is 16.8. The van der Waals surface area contributed by atoms with Gasteiger partial charge >= 0.3 is 0 Å². The maximum absolute atomic E-state index is 12.9. The van der Waals surface area contributed by atoms with E-state index in [-0.39, 0.29) is 5.56 Å². The second-order valence-corrected chi connectivity index (χ2v) is 7.23. The second-order valence-electron chi connectivity index (χ2n) is 6.14. The van der Waals surface area contributed by atoms with Crippen LogP contribution in [0.15, 0.2) is 34.4 Å². The van der Waals surface area contributed by atoms with Crippen LogP contribution in [-0.2, 0) is 12.8 Å². The van der Waals surface area contributed by atoms with E-state index in [4.69, 9.17) is 9.47 Å². The van der Waals surface area contributed by atoms with Crippen LogP contribution in [0.4, 0.5) is 0 Å². The quantitative estimate of drug-likeness (QED) is 0.662. The lowest BCUT2D eigenvalue weighted by Crippen LogP contribution is -2.18. The van der Waals surface area contributed by atoms with Crippen molar-refractivity contribution >= 4 is 27.8 Å². The maximum atomic E-state index is 12.9. The number of aryl methyl sites for hydroxylation is 2. The van der Waals surface area contributed by atoms with Gasteiger partial charge in [-0.15, -0.1) is 11.3 Å². The number of fused-ring (bicyclic) bond motifs is 3.